The fourth-order valence-corrected chi connectivity index (χ4v) is 0.746. The first-order chi connectivity index (χ1) is 6.58. The van der Waals surface area contributed by atoms with E-state index in [1.807, 2.05) is 0 Å². The zero-order valence-corrected chi connectivity index (χ0v) is 8.35. The van der Waals surface area contributed by atoms with Gasteiger partial charge in [0.25, 0.3) is 0 Å². The number of carbonyl (C=O) groups is 1. The Morgan fingerprint density at radius 3 is 2.43 bits per heavy atom. The molecule has 0 aliphatic rings. The highest BCUT2D eigenvalue weighted by Crippen LogP contribution is 2.07. The molecule has 0 spiro atoms. The Balaban J connectivity index is 2.52. The van der Waals surface area contributed by atoms with Crippen molar-refractivity contribution in [2.24, 2.45) is 0 Å². The van der Waals surface area contributed by atoms with E-state index in [2.05, 4.69) is 9.97 Å². The molecule has 14 heavy (non-hydrogen) atoms. The molecule has 0 unspecified atom stereocenters. The molecule has 5 nitrogen and oxygen atoms in total. The van der Waals surface area contributed by atoms with Gasteiger partial charge in [0.2, 0.25) is 0 Å². The maximum absolute atomic E-state index is 11.0. The Morgan fingerprint density at radius 1 is 1.36 bits per heavy atom. The van der Waals surface area contributed by atoms with E-state index in [0.29, 0.717) is 5.82 Å². The molecule has 0 radical (unpaired) electrons. The van der Waals surface area contributed by atoms with Crippen LogP contribution in [0.4, 0.5) is 4.79 Å². The Labute approximate surface area is 82.1 Å². The number of nitrogens with zero attached hydrogens (tertiary/aromatic N) is 2. The Kier molecular flexibility index (Phi) is 3.39. The molecule has 0 atom stereocenters. The van der Waals surface area contributed by atoms with Gasteiger partial charge in [-0.3, -0.25) is 0 Å². The van der Waals surface area contributed by atoms with Crippen LogP contribution in [0.25, 0.3) is 0 Å². The second-order valence-corrected chi connectivity index (χ2v) is 2.98. The number of aryl methyl sites for hydroxylation is 1. The van der Waals surface area contributed by atoms with Crippen LogP contribution >= 0.6 is 0 Å². The van der Waals surface area contributed by atoms with E-state index in [4.69, 9.17) is 9.47 Å². The number of carbonyl (C=O) groups excluding carboxylic acids is 1. The highest BCUT2D eigenvalue weighted by molar-refractivity contribution is 5.63. The number of hydrogen-bond donors (Lipinski definition) is 0. The minimum absolute atomic E-state index is 0.200. The van der Waals surface area contributed by atoms with Gasteiger partial charge in [0, 0.05) is 0 Å². The summed E-state index contributed by atoms with van der Waals surface area (Å²) >= 11 is 0. The molecule has 1 heterocycles. The first kappa shape index (κ1) is 10.4. The smallest absolute Gasteiger partial charge is 0.431 e. The standard InChI is InChI=1S/C9H12N2O3/c1-6(2)13-9(12)14-8-4-10-7(3)11-5-8/h4-6H,1-3H3. The van der Waals surface area contributed by atoms with Crippen LogP contribution < -0.4 is 4.74 Å². The lowest BCUT2D eigenvalue weighted by Crippen LogP contribution is -2.15. The lowest BCUT2D eigenvalue weighted by atomic mass is 10.5. The van der Waals surface area contributed by atoms with Crippen molar-refractivity contribution in [2.45, 2.75) is 26.9 Å². The highest BCUT2D eigenvalue weighted by atomic mass is 16.7. The third-order valence-electron chi connectivity index (χ3n) is 1.29. The molecule has 0 fully saturated rings. The lowest BCUT2D eigenvalue weighted by molar-refractivity contribution is 0.0726. The van der Waals surface area contributed by atoms with Crippen LogP contribution in [0, 0.1) is 6.92 Å². The minimum atomic E-state index is -0.743. The molecular formula is C9H12N2O3. The molecule has 0 saturated heterocycles. The first-order valence-corrected chi connectivity index (χ1v) is 4.25. The number of aromatic nitrogens is 2. The molecule has 1 aromatic rings. The van der Waals surface area contributed by atoms with E-state index < -0.39 is 6.16 Å². The van der Waals surface area contributed by atoms with Crippen molar-refractivity contribution in [1.82, 2.24) is 9.97 Å². The van der Waals surface area contributed by atoms with Gasteiger partial charge in [0.1, 0.15) is 5.82 Å². The number of rotatable bonds is 2. The molecule has 1 aromatic heterocycles. The van der Waals surface area contributed by atoms with Crippen LogP contribution in [-0.2, 0) is 4.74 Å². The van der Waals surface area contributed by atoms with Gasteiger partial charge in [-0.25, -0.2) is 14.8 Å². The third kappa shape index (κ3) is 3.38. The highest BCUT2D eigenvalue weighted by Gasteiger charge is 2.08. The predicted molar refractivity (Wildman–Crippen MR) is 49.0 cm³/mol. The Bertz CT molecular complexity index is 308. The fraction of sp³-hybridized carbons (Fsp3) is 0.444. The van der Waals surface area contributed by atoms with Crippen molar-refractivity contribution in [3.63, 3.8) is 0 Å². The average Bonchev–Trinajstić information content (AvgIpc) is 2.07. The van der Waals surface area contributed by atoms with Gasteiger partial charge in [0.05, 0.1) is 18.5 Å². The van der Waals surface area contributed by atoms with Gasteiger partial charge in [-0.15, -0.1) is 0 Å². The lowest BCUT2D eigenvalue weighted by Gasteiger charge is -2.07. The summed E-state index contributed by atoms with van der Waals surface area (Å²) < 4.78 is 9.56. The SMILES string of the molecule is Cc1ncc(OC(=O)OC(C)C)cn1. The second-order valence-electron chi connectivity index (χ2n) is 2.98. The molecule has 1 rings (SSSR count). The van der Waals surface area contributed by atoms with Crippen molar-refractivity contribution in [3.05, 3.63) is 18.2 Å². The first-order valence-electron chi connectivity index (χ1n) is 4.25. The molecule has 0 aromatic carbocycles. The van der Waals surface area contributed by atoms with Crippen molar-refractivity contribution >= 4 is 6.16 Å². The van der Waals surface area contributed by atoms with Gasteiger partial charge < -0.3 is 9.47 Å². The largest absolute Gasteiger partial charge is 0.514 e. The fourth-order valence-electron chi connectivity index (χ4n) is 0.746. The number of ether oxygens (including phenoxy) is 2. The summed E-state index contributed by atoms with van der Waals surface area (Å²) in [5, 5.41) is 0. The third-order valence-corrected chi connectivity index (χ3v) is 1.29. The summed E-state index contributed by atoms with van der Waals surface area (Å²) in [6.45, 7) is 5.23. The second kappa shape index (κ2) is 4.55. The van der Waals surface area contributed by atoms with Crippen LogP contribution in [0.5, 0.6) is 5.75 Å². The molecule has 0 bridgehead atoms. The molecular weight excluding hydrogens is 184 g/mol. The molecule has 0 aliphatic heterocycles. The summed E-state index contributed by atoms with van der Waals surface area (Å²) in [4.78, 5) is 18.7. The van der Waals surface area contributed by atoms with Crippen molar-refractivity contribution in [3.8, 4) is 5.75 Å². The van der Waals surface area contributed by atoms with Crippen molar-refractivity contribution < 1.29 is 14.3 Å². The van der Waals surface area contributed by atoms with Crippen LogP contribution in [0.1, 0.15) is 19.7 Å². The minimum Gasteiger partial charge on any atom is -0.431 e. The Morgan fingerprint density at radius 2 is 1.93 bits per heavy atom. The normalized spacial score (nSPS) is 10.0. The number of hydrogen-bond acceptors (Lipinski definition) is 5. The molecule has 0 aliphatic carbocycles. The zero-order chi connectivity index (χ0) is 10.6. The summed E-state index contributed by atoms with van der Waals surface area (Å²) in [6.07, 6.45) is 1.90. The van der Waals surface area contributed by atoms with Crippen molar-refractivity contribution in [1.29, 1.82) is 0 Å². The molecule has 0 amide bonds. The van der Waals surface area contributed by atoms with Crippen molar-refractivity contribution in [2.75, 3.05) is 0 Å². The van der Waals surface area contributed by atoms with Gasteiger partial charge in [0.15, 0.2) is 5.75 Å². The van der Waals surface area contributed by atoms with Gasteiger partial charge in [-0.2, -0.15) is 0 Å². The van der Waals surface area contributed by atoms with Gasteiger partial charge >= 0.3 is 6.16 Å². The van der Waals surface area contributed by atoms with E-state index in [-0.39, 0.29) is 11.9 Å². The maximum Gasteiger partial charge on any atom is 0.514 e. The zero-order valence-electron chi connectivity index (χ0n) is 8.35. The molecule has 0 N–H and O–H groups in total. The topological polar surface area (TPSA) is 61.3 Å². The monoisotopic (exact) mass is 196 g/mol. The van der Waals surface area contributed by atoms with E-state index in [9.17, 15) is 4.79 Å². The predicted octanol–water partition coefficient (Wildman–Crippen LogP) is 1.71. The molecule has 5 heteroatoms. The average molecular weight is 196 g/mol. The van der Waals surface area contributed by atoms with Crippen LogP contribution in [0.15, 0.2) is 12.4 Å². The summed E-state index contributed by atoms with van der Waals surface area (Å²) in [5.41, 5.74) is 0. The van der Waals surface area contributed by atoms with E-state index >= 15 is 0 Å². The maximum atomic E-state index is 11.0. The van der Waals surface area contributed by atoms with Crippen LogP contribution in [-0.4, -0.2) is 22.2 Å². The summed E-state index contributed by atoms with van der Waals surface area (Å²) in [7, 11) is 0. The Hall–Kier alpha value is -1.65. The quantitative estimate of drug-likeness (QED) is 0.674. The molecule has 76 valence electrons. The van der Waals surface area contributed by atoms with Crippen LogP contribution in [0.3, 0.4) is 0 Å². The van der Waals surface area contributed by atoms with Gasteiger partial charge in [-0.05, 0) is 20.8 Å². The summed E-state index contributed by atoms with van der Waals surface area (Å²) in [5.74, 6) is 0.899. The van der Waals surface area contributed by atoms with E-state index in [0.717, 1.165) is 0 Å². The van der Waals surface area contributed by atoms with Crippen LogP contribution in [0.2, 0.25) is 0 Å². The van der Waals surface area contributed by atoms with E-state index in [1.54, 1.807) is 20.8 Å². The summed E-state index contributed by atoms with van der Waals surface area (Å²) in [6, 6.07) is 0. The molecule has 0 saturated carbocycles. The van der Waals surface area contributed by atoms with E-state index in [1.165, 1.54) is 12.4 Å². The van der Waals surface area contributed by atoms with Gasteiger partial charge in [-0.1, -0.05) is 0 Å².